The van der Waals surface area contributed by atoms with Crippen LogP contribution in [-0.2, 0) is 9.47 Å². The predicted molar refractivity (Wildman–Crippen MR) is 119 cm³/mol. The van der Waals surface area contributed by atoms with Crippen LogP contribution in [-0.4, -0.2) is 17.1 Å². The third kappa shape index (κ3) is 3.82. The van der Waals surface area contributed by atoms with Gasteiger partial charge < -0.3 is 9.47 Å². The number of hydrogen-bond acceptors (Lipinski definition) is 2. The number of alkyl halides is 1. The lowest BCUT2D eigenvalue weighted by atomic mass is 9.80. The highest BCUT2D eigenvalue weighted by Crippen LogP contribution is 2.40. The molecule has 0 amide bonds. The van der Waals surface area contributed by atoms with E-state index in [4.69, 9.17) is 9.47 Å². The number of fused-ring (bicyclic) bond motifs is 3. The molecule has 0 N–H and O–H groups in total. The minimum absolute atomic E-state index is 0.0596. The fraction of sp³-hybridized carbons (Fsp3) is 0.417. The Morgan fingerprint density at radius 2 is 1.32 bits per heavy atom. The van der Waals surface area contributed by atoms with Crippen LogP contribution in [0.5, 0.6) is 0 Å². The Hall–Kier alpha value is -1.45. The number of rotatable bonds is 2. The molecule has 0 aromatic heterocycles. The van der Waals surface area contributed by atoms with Gasteiger partial charge in [-0.25, -0.2) is 17.6 Å². The Balaban J connectivity index is 1.45. The fourth-order valence-corrected chi connectivity index (χ4v) is 5.60. The standard InChI is InChI=1S/C24H21F4IO2/c25-18-8-5-13-1-2-14-9-17(21(26)23(28)20(14)19(13)22(18)27)24-30-10-15(11-31-24)12-3-6-16(29)7-4-12/h1-2,5,8-9,12,15-16,24H,3-4,6-7,10-11H2. The number of hydrogen-bond donors (Lipinski definition) is 0. The third-order valence-corrected chi connectivity index (χ3v) is 7.88. The van der Waals surface area contributed by atoms with Gasteiger partial charge in [-0.2, -0.15) is 0 Å². The van der Waals surface area contributed by atoms with E-state index in [9.17, 15) is 8.78 Å². The number of halogens is 5. The first kappa shape index (κ1) is 21.4. The van der Waals surface area contributed by atoms with Crippen molar-refractivity contribution in [1.82, 2.24) is 0 Å². The lowest BCUT2D eigenvalue weighted by molar-refractivity contribution is -0.215. The fourth-order valence-electron chi connectivity index (χ4n) is 4.88. The van der Waals surface area contributed by atoms with Crippen LogP contribution in [0.4, 0.5) is 17.6 Å². The number of benzene rings is 3. The van der Waals surface area contributed by atoms with Crippen LogP contribution in [0, 0.1) is 35.1 Å². The molecular weight excluding hydrogens is 523 g/mol. The van der Waals surface area contributed by atoms with Gasteiger partial charge in [-0.1, -0.05) is 40.8 Å². The molecule has 3 aromatic carbocycles. The Morgan fingerprint density at radius 1 is 0.710 bits per heavy atom. The van der Waals surface area contributed by atoms with Crippen molar-refractivity contribution in [2.75, 3.05) is 13.2 Å². The number of ether oxygens (including phenoxy) is 2. The summed E-state index contributed by atoms with van der Waals surface area (Å²) in [5.74, 6) is -3.91. The normalized spacial score (nSPS) is 27.1. The summed E-state index contributed by atoms with van der Waals surface area (Å²) in [7, 11) is 0. The van der Waals surface area contributed by atoms with Crippen molar-refractivity contribution < 1.29 is 27.0 Å². The van der Waals surface area contributed by atoms with Crippen LogP contribution in [0.2, 0.25) is 0 Å². The van der Waals surface area contributed by atoms with E-state index in [1.807, 2.05) is 0 Å². The Labute approximate surface area is 191 Å². The molecule has 2 nitrogen and oxygen atoms in total. The second-order valence-corrected chi connectivity index (χ2v) is 10.2. The van der Waals surface area contributed by atoms with E-state index in [0.29, 0.717) is 24.5 Å². The van der Waals surface area contributed by atoms with Gasteiger partial charge in [0.05, 0.1) is 13.2 Å². The van der Waals surface area contributed by atoms with E-state index in [2.05, 4.69) is 22.6 Å². The predicted octanol–water partition coefficient (Wildman–Crippen LogP) is 7.20. The van der Waals surface area contributed by atoms with Gasteiger partial charge in [0.25, 0.3) is 0 Å². The van der Waals surface area contributed by atoms with E-state index in [1.165, 1.54) is 25.0 Å². The summed E-state index contributed by atoms with van der Waals surface area (Å²) in [4.78, 5) is 0. The van der Waals surface area contributed by atoms with Crippen LogP contribution in [0.3, 0.4) is 0 Å². The molecule has 0 unspecified atom stereocenters. The molecule has 0 bridgehead atoms. The third-order valence-electron chi connectivity index (χ3n) is 6.63. The van der Waals surface area contributed by atoms with Gasteiger partial charge in [0.2, 0.25) is 0 Å². The maximum Gasteiger partial charge on any atom is 0.186 e. The largest absolute Gasteiger partial charge is 0.348 e. The summed E-state index contributed by atoms with van der Waals surface area (Å²) in [6.07, 6.45) is 3.60. The van der Waals surface area contributed by atoms with Gasteiger partial charge >= 0.3 is 0 Å². The van der Waals surface area contributed by atoms with Crippen molar-refractivity contribution in [3.8, 4) is 0 Å². The second kappa shape index (κ2) is 8.48. The summed E-state index contributed by atoms with van der Waals surface area (Å²) in [5.41, 5.74) is -0.0596. The summed E-state index contributed by atoms with van der Waals surface area (Å²) in [5, 5.41) is 0.0177. The van der Waals surface area contributed by atoms with E-state index in [0.717, 1.165) is 22.8 Å². The molecule has 1 saturated heterocycles. The Bertz CT molecular complexity index is 1140. The molecule has 164 valence electrons. The molecule has 1 aliphatic carbocycles. The summed E-state index contributed by atoms with van der Waals surface area (Å²) in [6, 6.07) is 6.85. The van der Waals surface area contributed by atoms with Gasteiger partial charge in [-0.05, 0) is 54.5 Å². The second-order valence-electron chi connectivity index (χ2n) is 8.49. The molecule has 0 atom stereocenters. The SMILES string of the molecule is Fc1ccc2ccc3cc(C4OCC(C5CCC(I)CC5)CO4)c(F)c(F)c3c2c1F. The maximum absolute atomic E-state index is 15.1. The zero-order valence-corrected chi connectivity index (χ0v) is 18.8. The van der Waals surface area contributed by atoms with E-state index in [1.54, 1.807) is 12.1 Å². The van der Waals surface area contributed by atoms with Crippen LogP contribution in [0.1, 0.15) is 37.5 Å². The van der Waals surface area contributed by atoms with Crippen molar-refractivity contribution in [2.45, 2.75) is 35.9 Å². The van der Waals surface area contributed by atoms with Crippen molar-refractivity contribution >= 4 is 44.1 Å². The molecule has 1 aliphatic heterocycles. The maximum atomic E-state index is 15.1. The van der Waals surface area contributed by atoms with Gasteiger partial charge in [0, 0.05) is 26.2 Å². The molecule has 7 heteroatoms. The minimum Gasteiger partial charge on any atom is -0.348 e. The first-order valence-electron chi connectivity index (χ1n) is 10.5. The summed E-state index contributed by atoms with van der Waals surface area (Å²) in [6.45, 7) is 0.857. The van der Waals surface area contributed by atoms with Crippen LogP contribution in [0.15, 0.2) is 30.3 Å². The molecule has 0 radical (unpaired) electrons. The first-order chi connectivity index (χ1) is 14.9. The topological polar surface area (TPSA) is 18.5 Å². The smallest absolute Gasteiger partial charge is 0.186 e. The highest BCUT2D eigenvalue weighted by atomic mass is 127. The lowest BCUT2D eigenvalue weighted by Gasteiger charge is -2.37. The molecule has 2 aliphatic rings. The van der Waals surface area contributed by atoms with Crippen LogP contribution < -0.4 is 0 Å². The van der Waals surface area contributed by atoms with Gasteiger partial charge in [0.1, 0.15) is 0 Å². The average molecular weight is 544 g/mol. The molecule has 2 fully saturated rings. The molecular formula is C24H21F4IO2. The quantitative estimate of drug-likeness (QED) is 0.147. The van der Waals surface area contributed by atoms with Gasteiger partial charge in [0.15, 0.2) is 29.6 Å². The molecule has 31 heavy (non-hydrogen) atoms. The summed E-state index contributed by atoms with van der Waals surface area (Å²) < 4.78 is 70.6. The minimum atomic E-state index is -1.22. The van der Waals surface area contributed by atoms with Crippen molar-refractivity contribution in [3.63, 3.8) is 0 Å². The molecule has 1 saturated carbocycles. The van der Waals surface area contributed by atoms with Crippen LogP contribution in [0.25, 0.3) is 21.5 Å². The highest BCUT2D eigenvalue weighted by molar-refractivity contribution is 14.1. The molecule has 3 aromatic rings. The Kier molecular flexibility index (Phi) is 5.85. The van der Waals surface area contributed by atoms with Crippen LogP contribution >= 0.6 is 22.6 Å². The van der Waals surface area contributed by atoms with E-state index >= 15 is 8.78 Å². The molecule has 5 rings (SSSR count). The van der Waals surface area contributed by atoms with Gasteiger partial charge in [-0.15, -0.1) is 0 Å². The average Bonchev–Trinajstić information content (AvgIpc) is 2.79. The molecule has 1 heterocycles. The molecule has 0 spiro atoms. The van der Waals surface area contributed by atoms with Crippen molar-refractivity contribution in [1.29, 1.82) is 0 Å². The zero-order valence-electron chi connectivity index (χ0n) is 16.6. The Morgan fingerprint density at radius 3 is 2.03 bits per heavy atom. The highest BCUT2D eigenvalue weighted by Gasteiger charge is 2.33. The van der Waals surface area contributed by atoms with Crippen molar-refractivity contribution in [2.24, 2.45) is 11.8 Å². The van der Waals surface area contributed by atoms with Gasteiger partial charge in [-0.3, -0.25) is 0 Å². The summed E-state index contributed by atoms with van der Waals surface area (Å²) >= 11 is 2.49. The first-order valence-corrected chi connectivity index (χ1v) is 11.7. The van der Waals surface area contributed by atoms with Crippen molar-refractivity contribution in [3.05, 3.63) is 59.2 Å². The monoisotopic (exact) mass is 544 g/mol. The van der Waals surface area contributed by atoms with E-state index in [-0.39, 0.29) is 27.6 Å². The lowest BCUT2D eigenvalue weighted by Crippen LogP contribution is -2.34. The zero-order chi connectivity index (χ0) is 21.7. The van der Waals surface area contributed by atoms with E-state index < -0.39 is 29.6 Å².